The third-order valence-electron chi connectivity index (χ3n) is 4.97. The van der Waals surface area contributed by atoms with Gasteiger partial charge in [0.25, 0.3) is 0 Å². The van der Waals surface area contributed by atoms with E-state index in [1.807, 2.05) is 55.5 Å². The van der Waals surface area contributed by atoms with Crippen molar-refractivity contribution in [2.45, 2.75) is 6.92 Å². The van der Waals surface area contributed by atoms with E-state index in [-0.39, 0.29) is 12.5 Å². The monoisotopic (exact) mass is 489 g/mol. The average molecular weight is 490 g/mol. The second-order valence-electron chi connectivity index (χ2n) is 7.65. The molecule has 0 fully saturated rings. The van der Waals surface area contributed by atoms with Crippen LogP contribution in [0.3, 0.4) is 0 Å². The van der Waals surface area contributed by atoms with Crippen molar-refractivity contribution in [2.24, 2.45) is 0 Å². The first-order valence-corrected chi connectivity index (χ1v) is 11.2. The number of hydrogen-bond donors (Lipinski definition) is 2. The Kier molecular flexibility index (Phi) is 7.87. The molecule has 9 heteroatoms. The fourth-order valence-electron chi connectivity index (χ4n) is 3.27. The number of rotatable bonds is 9. The third-order valence-corrected chi connectivity index (χ3v) is 5.26. The van der Waals surface area contributed by atoms with Gasteiger partial charge in [0, 0.05) is 30.4 Å². The number of nitrogens with one attached hydrogen (secondary N) is 2. The van der Waals surface area contributed by atoms with Gasteiger partial charge in [-0.15, -0.1) is 0 Å². The lowest BCUT2D eigenvalue weighted by atomic mass is 10.1. The van der Waals surface area contributed by atoms with Crippen molar-refractivity contribution >= 4 is 46.0 Å². The van der Waals surface area contributed by atoms with Gasteiger partial charge >= 0.3 is 0 Å². The molecule has 0 atom stereocenters. The summed E-state index contributed by atoms with van der Waals surface area (Å²) in [5, 5.41) is 7.36. The maximum atomic E-state index is 11.5. The Morgan fingerprint density at radius 1 is 1.09 bits per heavy atom. The van der Waals surface area contributed by atoms with Gasteiger partial charge in [0.1, 0.15) is 30.3 Å². The van der Waals surface area contributed by atoms with Crippen molar-refractivity contribution < 1.29 is 14.3 Å². The van der Waals surface area contributed by atoms with Crippen molar-refractivity contribution in [3.8, 4) is 11.5 Å². The summed E-state index contributed by atoms with van der Waals surface area (Å²) in [7, 11) is 1.48. The van der Waals surface area contributed by atoms with E-state index >= 15 is 0 Å². The summed E-state index contributed by atoms with van der Waals surface area (Å²) in [6.45, 7) is 2.36. The lowest BCUT2D eigenvalue weighted by Gasteiger charge is -2.12. The van der Waals surface area contributed by atoms with Crippen molar-refractivity contribution in [2.75, 3.05) is 25.6 Å². The van der Waals surface area contributed by atoms with Gasteiger partial charge in [-0.3, -0.25) is 9.78 Å². The standard InChI is InChI=1S/C26H24ClN5O3/c1-17-5-8-20(14-29-17)35-24-10-7-19(13-22(24)27)32-26-21-12-18(6-9-23(21)30-16-31-26)4-3-11-28-25(33)15-34-2/h3-10,12-14,16H,11,15H2,1-2H3,(H,28,33)(H,30,31,32)/b4-3+. The SMILES string of the molecule is COCC(=O)NC/C=C/c1ccc2ncnc(Nc3ccc(Oc4ccc(C)nc4)c(Cl)c3)c2c1. The minimum absolute atomic E-state index is 0.0382. The van der Waals surface area contributed by atoms with Crippen LogP contribution in [-0.2, 0) is 9.53 Å². The predicted molar refractivity (Wildman–Crippen MR) is 137 cm³/mol. The normalized spacial score (nSPS) is 11.1. The van der Waals surface area contributed by atoms with E-state index < -0.39 is 0 Å². The van der Waals surface area contributed by atoms with Crippen molar-refractivity contribution in [1.29, 1.82) is 0 Å². The zero-order chi connectivity index (χ0) is 24.6. The Balaban J connectivity index is 1.49. The molecule has 0 aliphatic heterocycles. The van der Waals surface area contributed by atoms with E-state index in [0.717, 1.165) is 27.8 Å². The quantitative estimate of drug-likeness (QED) is 0.329. The van der Waals surface area contributed by atoms with Gasteiger partial charge in [0.15, 0.2) is 0 Å². The number of hydrogen-bond acceptors (Lipinski definition) is 7. The molecular weight excluding hydrogens is 466 g/mol. The van der Waals surface area contributed by atoms with Crippen molar-refractivity contribution in [1.82, 2.24) is 20.3 Å². The molecule has 2 heterocycles. The molecule has 2 aromatic heterocycles. The zero-order valence-electron chi connectivity index (χ0n) is 19.3. The van der Waals surface area contributed by atoms with Crippen LogP contribution in [0.1, 0.15) is 11.3 Å². The van der Waals surface area contributed by atoms with Crippen molar-refractivity contribution in [3.63, 3.8) is 0 Å². The highest BCUT2D eigenvalue weighted by Gasteiger charge is 2.09. The molecule has 0 saturated heterocycles. The Hall–Kier alpha value is -4.01. The number of carbonyl (C=O) groups excluding carboxylic acids is 1. The van der Waals surface area contributed by atoms with E-state index in [1.54, 1.807) is 18.3 Å². The van der Waals surface area contributed by atoms with Gasteiger partial charge in [-0.05, 0) is 55.0 Å². The third kappa shape index (κ3) is 6.53. The van der Waals surface area contributed by atoms with Gasteiger partial charge in [-0.1, -0.05) is 29.8 Å². The minimum Gasteiger partial charge on any atom is -0.454 e. The molecule has 4 rings (SSSR count). The van der Waals surface area contributed by atoms with Crippen LogP contribution in [0.25, 0.3) is 17.0 Å². The minimum atomic E-state index is -0.166. The number of fused-ring (bicyclic) bond motifs is 1. The number of amides is 1. The number of nitrogens with zero attached hydrogens (tertiary/aromatic N) is 3. The Labute approximate surface area is 208 Å². The van der Waals surface area contributed by atoms with Gasteiger partial charge in [-0.2, -0.15) is 0 Å². The molecule has 4 aromatic rings. The lowest BCUT2D eigenvalue weighted by molar-refractivity contribution is -0.124. The summed E-state index contributed by atoms with van der Waals surface area (Å²) in [6.07, 6.45) is 6.96. The molecule has 35 heavy (non-hydrogen) atoms. The lowest BCUT2D eigenvalue weighted by Crippen LogP contribution is -2.26. The average Bonchev–Trinajstić information content (AvgIpc) is 2.85. The maximum Gasteiger partial charge on any atom is 0.246 e. The molecule has 8 nitrogen and oxygen atoms in total. The van der Waals surface area contributed by atoms with E-state index in [4.69, 9.17) is 21.1 Å². The van der Waals surface area contributed by atoms with Crippen LogP contribution >= 0.6 is 11.6 Å². The van der Waals surface area contributed by atoms with Crippen LogP contribution in [-0.4, -0.2) is 41.1 Å². The molecule has 0 saturated carbocycles. The first kappa shape index (κ1) is 24.1. The summed E-state index contributed by atoms with van der Waals surface area (Å²) in [5.41, 5.74) is 3.41. The highest BCUT2D eigenvalue weighted by atomic mass is 35.5. The second-order valence-corrected chi connectivity index (χ2v) is 8.05. The molecule has 0 unspecified atom stereocenters. The largest absolute Gasteiger partial charge is 0.454 e. The number of aromatic nitrogens is 3. The molecule has 2 N–H and O–H groups in total. The molecular formula is C26H24ClN5O3. The van der Waals surface area contributed by atoms with Crippen LogP contribution < -0.4 is 15.4 Å². The van der Waals surface area contributed by atoms with Crippen molar-refractivity contribution in [3.05, 3.63) is 83.4 Å². The van der Waals surface area contributed by atoms with E-state index in [1.165, 1.54) is 13.4 Å². The Morgan fingerprint density at radius 2 is 1.97 bits per heavy atom. The Bertz CT molecular complexity index is 1360. The first-order chi connectivity index (χ1) is 17.0. The molecule has 2 aromatic carbocycles. The van der Waals surface area contributed by atoms with E-state index in [2.05, 4.69) is 25.6 Å². The summed E-state index contributed by atoms with van der Waals surface area (Å²) in [6, 6.07) is 15.0. The maximum absolute atomic E-state index is 11.5. The van der Waals surface area contributed by atoms with Gasteiger partial charge in [-0.25, -0.2) is 9.97 Å². The summed E-state index contributed by atoms with van der Waals surface area (Å²) < 4.78 is 10.6. The molecule has 0 bridgehead atoms. The number of ether oxygens (including phenoxy) is 2. The summed E-state index contributed by atoms with van der Waals surface area (Å²) in [5.74, 6) is 1.62. The number of halogens is 1. The molecule has 178 valence electrons. The van der Waals surface area contributed by atoms with Gasteiger partial charge in [0.05, 0.1) is 16.7 Å². The number of anilines is 2. The highest BCUT2D eigenvalue weighted by Crippen LogP contribution is 2.33. The van der Waals surface area contributed by atoms with Gasteiger partial charge < -0.3 is 20.1 Å². The number of benzene rings is 2. The predicted octanol–water partition coefficient (Wildman–Crippen LogP) is 5.30. The molecule has 0 aliphatic carbocycles. The summed E-state index contributed by atoms with van der Waals surface area (Å²) in [4.78, 5) is 24.5. The second kappa shape index (κ2) is 11.4. The fraction of sp³-hybridized carbons (Fsp3) is 0.154. The number of carbonyl (C=O) groups is 1. The smallest absolute Gasteiger partial charge is 0.246 e. The van der Waals surface area contributed by atoms with Crippen LogP contribution in [0.15, 0.2) is 67.1 Å². The summed E-state index contributed by atoms with van der Waals surface area (Å²) >= 11 is 6.47. The number of methoxy groups -OCH3 is 1. The molecule has 0 aliphatic rings. The molecule has 0 radical (unpaired) electrons. The van der Waals surface area contributed by atoms with Crippen LogP contribution in [0.5, 0.6) is 11.5 Å². The zero-order valence-corrected chi connectivity index (χ0v) is 20.0. The Morgan fingerprint density at radius 3 is 2.74 bits per heavy atom. The highest BCUT2D eigenvalue weighted by molar-refractivity contribution is 6.32. The fourth-order valence-corrected chi connectivity index (χ4v) is 3.49. The van der Waals surface area contributed by atoms with Crippen LogP contribution in [0, 0.1) is 6.92 Å². The van der Waals surface area contributed by atoms with E-state index in [9.17, 15) is 4.79 Å². The number of aryl methyl sites for hydroxylation is 1. The molecule has 0 spiro atoms. The number of pyridine rings is 1. The van der Waals surface area contributed by atoms with Gasteiger partial charge in [0.2, 0.25) is 5.91 Å². The molecule has 1 amide bonds. The topological polar surface area (TPSA) is 98.3 Å². The first-order valence-electron chi connectivity index (χ1n) is 10.9. The van der Waals surface area contributed by atoms with Crippen LogP contribution in [0.4, 0.5) is 11.5 Å². The van der Waals surface area contributed by atoms with Crippen LogP contribution in [0.2, 0.25) is 5.02 Å². The van der Waals surface area contributed by atoms with E-state index in [0.29, 0.717) is 28.9 Å².